The second-order valence-electron chi connectivity index (χ2n) is 5.31. The lowest BCUT2D eigenvalue weighted by Crippen LogP contribution is -2.43. The van der Waals surface area contributed by atoms with Crippen molar-refractivity contribution < 1.29 is 4.79 Å². The fourth-order valence-electron chi connectivity index (χ4n) is 1.54. The zero-order valence-electron chi connectivity index (χ0n) is 11.3. The SMILES string of the molecule is Cc1ccc(NCC(=O)NC(C)(C)C)c(C#N)c1. The lowest BCUT2D eigenvalue weighted by molar-refractivity contribution is -0.120. The number of amides is 1. The Bertz CT molecular complexity index is 481. The molecule has 0 unspecified atom stereocenters. The fourth-order valence-corrected chi connectivity index (χ4v) is 1.54. The molecule has 0 aromatic heterocycles. The Labute approximate surface area is 108 Å². The lowest BCUT2D eigenvalue weighted by Gasteiger charge is -2.20. The molecule has 0 aliphatic carbocycles. The molecule has 1 rings (SSSR count). The van der Waals surface area contributed by atoms with E-state index in [9.17, 15) is 4.79 Å². The average molecular weight is 245 g/mol. The van der Waals surface area contributed by atoms with Crippen molar-refractivity contribution in [2.75, 3.05) is 11.9 Å². The number of carbonyl (C=O) groups excluding carboxylic acids is 1. The van der Waals surface area contributed by atoms with Crippen LogP contribution in [0.15, 0.2) is 18.2 Å². The first-order valence-electron chi connectivity index (χ1n) is 5.87. The molecule has 4 heteroatoms. The van der Waals surface area contributed by atoms with Crippen molar-refractivity contribution in [1.29, 1.82) is 5.26 Å². The molecule has 1 aromatic carbocycles. The number of nitrogens with one attached hydrogen (secondary N) is 2. The summed E-state index contributed by atoms with van der Waals surface area (Å²) in [5.74, 6) is -0.0908. The van der Waals surface area contributed by atoms with E-state index in [0.717, 1.165) is 5.56 Å². The minimum atomic E-state index is -0.246. The summed E-state index contributed by atoms with van der Waals surface area (Å²) in [6.07, 6.45) is 0. The van der Waals surface area contributed by atoms with Gasteiger partial charge in [-0.2, -0.15) is 5.26 Å². The Balaban J connectivity index is 2.65. The molecule has 4 nitrogen and oxygen atoms in total. The number of nitriles is 1. The van der Waals surface area contributed by atoms with Crippen LogP contribution in [0, 0.1) is 18.3 Å². The van der Waals surface area contributed by atoms with E-state index < -0.39 is 0 Å². The minimum Gasteiger partial charge on any atom is -0.375 e. The van der Waals surface area contributed by atoms with Crippen LogP contribution in [-0.2, 0) is 4.79 Å². The molecule has 96 valence electrons. The van der Waals surface area contributed by atoms with Crippen LogP contribution in [0.5, 0.6) is 0 Å². The van der Waals surface area contributed by atoms with Gasteiger partial charge in [-0.15, -0.1) is 0 Å². The van der Waals surface area contributed by atoms with Crippen molar-refractivity contribution in [3.05, 3.63) is 29.3 Å². The highest BCUT2D eigenvalue weighted by molar-refractivity contribution is 5.81. The Morgan fingerprint density at radius 3 is 2.61 bits per heavy atom. The predicted molar refractivity (Wildman–Crippen MR) is 72.3 cm³/mol. The molecule has 1 aromatic rings. The maximum atomic E-state index is 11.6. The molecule has 0 fully saturated rings. The number of hydrogen-bond donors (Lipinski definition) is 2. The van der Waals surface area contributed by atoms with E-state index in [0.29, 0.717) is 11.3 Å². The van der Waals surface area contributed by atoms with Crippen molar-refractivity contribution in [2.24, 2.45) is 0 Å². The normalized spacial score (nSPS) is 10.6. The maximum absolute atomic E-state index is 11.6. The quantitative estimate of drug-likeness (QED) is 0.858. The van der Waals surface area contributed by atoms with Gasteiger partial charge in [0.15, 0.2) is 0 Å². The van der Waals surface area contributed by atoms with Gasteiger partial charge in [0.25, 0.3) is 0 Å². The first-order chi connectivity index (χ1) is 8.31. The lowest BCUT2D eigenvalue weighted by atomic mass is 10.1. The second kappa shape index (κ2) is 5.54. The molecule has 0 heterocycles. The third kappa shape index (κ3) is 4.46. The smallest absolute Gasteiger partial charge is 0.239 e. The van der Waals surface area contributed by atoms with Crippen molar-refractivity contribution in [1.82, 2.24) is 5.32 Å². The van der Waals surface area contributed by atoms with Gasteiger partial charge in [-0.05, 0) is 45.4 Å². The van der Waals surface area contributed by atoms with Crippen LogP contribution >= 0.6 is 0 Å². The van der Waals surface area contributed by atoms with Crippen LogP contribution < -0.4 is 10.6 Å². The summed E-state index contributed by atoms with van der Waals surface area (Å²) in [4.78, 5) is 11.6. The van der Waals surface area contributed by atoms with Crippen LogP contribution in [0.3, 0.4) is 0 Å². The molecule has 0 atom stereocenters. The maximum Gasteiger partial charge on any atom is 0.239 e. The highest BCUT2D eigenvalue weighted by Gasteiger charge is 2.13. The van der Waals surface area contributed by atoms with Crippen molar-refractivity contribution >= 4 is 11.6 Å². The number of anilines is 1. The van der Waals surface area contributed by atoms with Gasteiger partial charge < -0.3 is 10.6 Å². The van der Waals surface area contributed by atoms with Crippen molar-refractivity contribution in [3.63, 3.8) is 0 Å². The molecule has 0 spiro atoms. The highest BCUT2D eigenvalue weighted by atomic mass is 16.2. The number of nitrogens with zero attached hydrogens (tertiary/aromatic N) is 1. The first-order valence-corrected chi connectivity index (χ1v) is 5.87. The average Bonchev–Trinajstić information content (AvgIpc) is 2.24. The molecule has 0 bridgehead atoms. The van der Waals surface area contributed by atoms with E-state index in [1.807, 2.05) is 39.8 Å². The molecule has 0 radical (unpaired) electrons. The number of hydrogen-bond acceptors (Lipinski definition) is 3. The zero-order chi connectivity index (χ0) is 13.8. The Morgan fingerprint density at radius 1 is 1.39 bits per heavy atom. The van der Waals surface area contributed by atoms with E-state index >= 15 is 0 Å². The third-order valence-corrected chi connectivity index (χ3v) is 2.25. The number of rotatable bonds is 3. The standard InChI is InChI=1S/C14H19N3O/c1-10-5-6-12(11(7-10)8-15)16-9-13(18)17-14(2,3)4/h5-7,16H,9H2,1-4H3,(H,17,18). The zero-order valence-corrected chi connectivity index (χ0v) is 11.3. The van der Waals surface area contributed by atoms with Crippen LogP contribution in [0.2, 0.25) is 0 Å². The van der Waals surface area contributed by atoms with Gasteiger partial charge in [0, 0.05) is 5.54 Å². The summed E-state index contributed by atoms with van der Waals surface area (Å²) in [6, 6.07) is 7.64. The van der Waals surface area contributed by atoms with Crippen LogP contribution in [0.4, 0.5) is 5.69 Å². The van der Waals surface area contributed by atoms with Crippen molar-refractivity contribution in [3.8, 4) is 6.07 Å². The van der Waals surface area contributed by atoms with Gasteiger partial charge >= 0.3 is 0 Å². The van der Waals surface area contributed by atoms with E-state index in [1.54, 1.807) is 6.07 Å². The number of aryl methyl sites for hydroxylation is 1. The van der Waals surface area contributed by atoms with Gasteiger partial charge in [0.05, 0.1) is 17.8 Å². The van der Waals surface area contributed by atoms with Gasteiger partial charge in [0.2, 0.25) is 5.91 Å². The largest absolute Gasteiger partial charge is 0.375 e. The monoisotopic (exact) mass is 245 g/mol. The highest BCUT2D eigenvalue weighted by Crippen LogP contribution is 2.15. The Morgan fingerprint density at radius 2 is 2.06 bits per heavy atom. The molecule has 0 saturated carbocycles. The summed E-state index contributed by atoms with van der Waals surface area (Å²) >= 11 is 0. The molecule has 2 N–H and O–H groups in total. The fraction of sp³-hybridized carbons (Fsp3) is 0.429. The molecule has 1 amide bonds. The minimum absolute atomic E-state index is 0.0908. The van der Waals surface area contributed by atoms with Gasteiger partial charge in [0.1, 0.15) is 6.07 Å². The van der Waals surface area contributed by atoms with Crippen LogP contribution in [0.25, 0.3) is 0 Å². The predicted octanol–water partition coefficient (Wildman–Crippen LogP) is 2.19. The molecular weight excluding hydrogens is 226 g/mol. The second-order valence-corrected chi connectivity index (χ2v) is 5.31. The molecule has 0 saturated heterocycles. The molecular formula is C14H19N3O. The van der Waals surface area contributed by atoms with Gasteiger partial charge in [-0.3, -0.25) is 4.79 Å². The van der Waals surface area contributed by atoms with E-state index in [2.05, 4.69) is 16.7 Å². The van der Waals surface area contributed by atoms with Crippen LogP contribution in [0.1, 0.15) is 31.9 Å². The Kier molecular flexibility index (Phi) is 4.33. The van der Waals surface area contributed by atoms with E-state index in [1.165, 1.54) is 0 Å². The summed E-state index contributed by atoms with van der Waals surface area (Å²) < 4.78 is 0. The third-order valence-electron chi connectivity index (χ3n) is 2.25. The van der Waals surface area contributed by atoms with Crippen LogP contribution in [-0.4, -0.2) is 18.0 Å². The number of benzene rings is 1. The summed E-state index contributed by atoms with van der Waals surface area (Å²) in [7, 11) is 0. The summed E-state index contributed by atoms with van der Waals surface area (Å²) in [5, 5.41) is 14.8. The molecule has 0 aliphatic heterocycles. The summed E-state index contributed by atoms with van der Waals surface area (Å²) in [6.45, 7) is 7.87. The van der Waals surface area contributed by atoms with Gasteiger partial charge in [-0.1, -0.05) is 6.07 Å². The molecule has 18 heavy (non-hydrogen) atoms. The topological polar surface area (TPSA) is 64.9 Å². The van der Waals surface area contributed by atoms with E-state index in [-0.39, 0.29) is 18.0 Å². The Hall–Kier alpha value is -2.02. The molecule has 0 aliphatic rings. The summed E-state index contributed by atoms with van der Waals surface area (Å²) in [5.41, 5.74) is 2.02. The van der Waals surface area contributed by atoms with Crippen molar-refractivity contribution in [2.45, 2.75) is 33.2 Å². The van der Waals surface area contributed by atoms with Gasteiger partial charge in [-0.25, -0.2) is 0 Å². The number of carbonyl (C=O) groups is 1. The van der Waals surface area contributed by atoms with E-state index in [4.69, 9.17) is 5.26 Å². The first kappa shape index (κ1) is 14.0.